The van der Waals surface area contributed by atoms with E-state index in [0.717, 1.165) is 17.5 Å². The highest BCUT2D eigenvalue weighted by molar-refractivity contribution is 5.90. The Bertz CT molecular complexity index is 923. The Labute approximate surface area is 157 Å². The molecular formula is C20H22N4O3. The van der Waals surface area contributed by atoms with Gasteiger partial charge < -0.3 is 19.9 Å². The standard InChI is InChI=1S/C20H22N4O3/c1-4-13(2)21-20(25)22-16-9-5-7-14(11-16)18-23-19(27-24-18)15-8-6-10-17(12-15)26-3/h5-13H,4H2,1-3H3,(H2,21,22,25). The van der Waals surface area contributed by atoms with Gasteiger partial charge in [-0.3, -0.25) is 0 Å². The van der Waals surface area contributed by atoms with Crippen LogP contribution in [0.25, 0.3) is 22.8 Å². The third-order valence-corrected chi connectivity index (χ3v) is 4.11. The first kappa shape index (κ1) is 18.4. The second kappa shape index (κ2) is 8.35. The average molecular weight is 366 g/mol. The number of carbonyl (C=O) groups excluding carboxylic acids is 1. The van der Waals surface area contributed by atoms with Crippen LogP contribution in [0.15, 0.2) is 53.1 Å². The van der Waals surface area contributed by atoms with E-state index in [-0.39, 0.29) is 12.1 Å². The molecule has 0 bridgehead atoms. The largest absolute Gasteiger partial charge is 0.497 e. The van der Waals surface area contributed by atoms with Crippen molar-refractivity contribution in [1.82, 2.24) is 15.5 Å². The van der Waals surface area contributed by atoms with Gasteiger partial charge in [0, 0.05) is 22.9 Å². The summed E-state index contributed by atoms with van der Waals surface area (Å²) in [7, 11) is 1.61. The molecule has 0 aliphatic heterocycles. The smallest absolute Gasteiger partial charge is 0.319 e. The van der Waals surface area contributed by atoms with E-state index in [1.54, 1.807) is 13.2 Å². The van der Waals surface area contributed by atoms with Gasteiger partial charge in [-0.2, -0.15) is 4.98 Å². The molecule has 1 atom stereocenters. The Balaban J connectivity index is 1.77. The minimum absolute atomic E-state index is 0.107. The lowest BCUT2D eigenvalue weighted by atomic mass is 10.2. The van der Waals surface area contributed by atoms with E-state index in [1.165, 1.54) is 0 Å². The molecule has 1 aromatic heterocycles. The number of urea groups is 1. The van der Waals surface area contributed by atoms with Crippen molar-refractivity contribution in [1.29, 1.82) is 0 Å². The highest BCUT2D eigenvalue weighted by atomic mass is 16.5. The molecule has 0 radical (unpaired) electrons. The molecule has 2 N–H and O–H groups in total. The molecule has 0 fully saturated rings. The lowest BCUT2D eigenvalue weighted by molar-refractivity contribution is 0.249. The van der Waals surface area contributed by atoms with Gasteiger partial charge in [0.05, 0.1) is 7.11 Å². The number of aromatic nitrogens is 2. The fourth-order valence-corrected chi connectivity index (χ4v) is 2.44. The molecule has 140 valence electrons. The maximum Gasteiger partial charge on any atom is 0.319 e. The average Bonchev–Trinajstić information content (AvgIpc) is 3.18. The van der Waals surface area contributed by atoms with Gasteiger partial charge >= 0.3 is 6.03 Å². The highest BCUT2D eigenvalue weighted by Gasteiger charge is 2.12. The topological polar surface area (TPSA) is 89.3 Å². The van der Waals surface area contributed by atoms with E-state index < -0.39 is 0 Å². The number of rotatable bonds is 6. The van der Waals surface area contributed by atoms with Crippen molar-refractivity contribution >= 4 is 11.7 Å². The summed E-state index contributed by atoms with van der Waals surface area (Å²) in [5.41, 5.74) is 2.17. The van der Waals surface area contributed by atoms with Crippen molar-refractivity contribution in [2.45, 2.75) is 26.3 Å². The number of ether oxygens (including phenoxy) is 1. The maximum absolute atomic E-state index is 12.0. The first-order valence-electron chi connectivity index (χ1n) is 8.75. The number of nitrogens with one attached hydrogen (secondary N) is 2. The van der Waals surface area contributed by atoms with Crippen LogP contribution >= 0.6 is 0 Å². The molecule has 3 aromatic rings. The number of nitrogens with zero attached hydrogens (tertiary/aromatic N) is 2. The molecule has 27 heavy (non-hydrogen) atoms. The summed E-state index contributed by atoms with van der Waals surface area (Å²) in [6.45, 7) is 3.97. The van der Waals surface area contributed by atoms with Gasteiger partial charge in [0.15, 0.2) is 0 Å². The predicted molar refractivity (Wildman–Crippen MR) is 104 cm³/mol. The van der Waals surface area contributed by atoms with Crippen molar-refractivity contribution in [3.05, 3.63) is 48.5 Å². The number of hydrogen-bond acceptors (Lipinski definition) is 5. The van der Waals surface area contributed by atoms with Gasteiger partial charge in [0.1, 0.15) is 5.75 Å². The fourth-order valence-electron chi connectivity index (χ4n) is 2.44. The molecule has 2 aromatic carbocycles. The summed E-state index contributed by atoms with van der Waals surface area (Å²) in [6.07, 6.45) is 0.864. The molecule has 3 rings (SSSR count). The van der Waals surface area contributed by atoms with Crippen molar-refractivity contribution in [3.63, 3.8) is 0 Å². The van der Waals surface area contributed by atoms with Crippen LogP contribution in [0.3, 0.4) is 0 Å². The summed E-state index contributed by atoms with van der Waals surface area (Å²) in [4.78, 5) is 16.4. The Kier molecular flexibility index (Phi) is 5.71. The zero-order chi connectivity index (χ0) is 19.2. The van der Waals surface area contributed by atoms with Crippen molar-refractivity contribution in [3.8, 4) is 28.6 Å². The molecule has 7 heteroatoms. The third kappa shape index (κ3) is 4.63. The van der Waals surface area contributed by atoms with Crippen molar-refractivity contribution in [2.75, 3.05) is 12.4 Å². The Morgan fingerprint density at radius 1 is 1.19 bits per heavy atom. The fraction of sp³-hybridized carbons (Fsp3) is 0.250. The summed E-state index contributed by atoms with van der Waals surface area (Å²) >= 11 is 0. The molecule has 0 saturated carbocycles. The Hall–Kier alpha value is -3.35. The molecular weight excluding hydrogens is 344 g/mol. The van der Waals surface area contributed by atoms with E-state index in [1.807, 2.05) is 56.3 Å². The molecule has 7 nitrogen and oxygen atoms in total. The van der Waals surface area contributed by atoms with Crippen LogP contribution in [-0.2, 0) is 0 Å². The molecule has 0 spiro atoms. The quantitative estimate of drug-likeness (QED) is 0.678. The lowest BCUT2D eigenvalue weighted by Crippen LogP contribution is -2.35. The minimum Gasteiger partial charge on any atom is -0.497 e. The van der Waals surface area contributed by atoms with Crippen LogP contribution < -0.4 is 15.4 Å². The molecule has 2 amide bonds. The maximum atomic E-state index is 12.0. The normalized spacial score (nSPS) is 11.7. The SMILES string of the molecule is CCC(C)NC(=O)Nc1cccc(-c2noc(-c3cccc(OC)c3)n2)c1. The van der Waals surface area contributed by atoms with Gasteiger partial charge in [-0.1, -0.05) is 30.3 Å². The second-order valence-corrected chi connectivity index (χ2v) is 6.14. The number of carbonyl (C=O) groups is 1. The first-order chi connectivity index (χ1) is 13.1. The summed E-state index contributed by atoms with van der Waals surface area (Å²) in [5.74, 6) is 1.56. The van der Waals surface area contributed by atoms with E-state index in [2.05, 4.69) is 20.8 Å². The van der Waals surface area contributed by atoms with Crippen LogP contribution in [0.1, 0.15) is 20.3 Å². The minimum atomic E-state index is -0.244. The summed E-state index contributed by atoms with van der Waals surface area (Å²) < 4.78 is 10.6. The van der Waals surface area contributed by atoms with Crippen molar-refractivity contribution < 1.29 is 14.1 Å². The Morgan fingerprint density at radius 2 is 1.96 bits per heavy atom. The van der Waals surface area contributed by atoms with Crippen LogP contribution in [-0.4, -0.2) is 29.3 Å². The molecule has 0 aliphatic carbocycles. The third-order valence-electron chi connectivity index (χ3n) is 4.11. The second-order valence-electron chi connectivity index (χ2n) is 6.14. The van der Waals surface area contributed by atoms with Crippen molar-refractivity contribution in [2.24, 2.45) is 0 Å². The number of methoxy groups -OCH3 is 1. The van der Waals surface area contributed by atoms with Gasteiger partial charge in [-0.25, -0.2) is 4.79 Å². The van der Waals surface area contributed by atoms with Gasteiger partial charge in [-0.05, 0) is 43.7 Å². The summed E-state index contributed by atoms with van der Waals surface area (Å²) in [6, 6.07) is 14.6. The monoisotopic (exact) mass is 366 g/mol. The first-order valence-corrected chi connectivity index (χ1v) is 8.75. The molecule has 1 heterocycles. The number of amides is 2. The van der Waals surface area contributed by atoms with Gasteiger partial charge in [0.2, 0.25) is 5.82 Å². The predicted octanol–water partition coefficient (Wildman–Crippen LogP) is 4.33. The summed E-state index contributed by atoms with van der Waals surface area (Å²) in [5, 5.41) is 9.73. The molecule has 1 unspecified atom stereocenters. The van der Waals surface area contributed by atoms with Crippen LogP contribution in [0.2, 0.25) is 0 Å². The highest BCUT2D eigenvalue weighted by Crippen LogP contribution is 2.26. The van der Waals surface area contributed by atoms with E-state index >= 15 is 0 Å². The van der Waals surface area contributed by atoms with Gasteiger partial charge in [0.25, 0.3) is 5.89 Å². The zero-order valence-corrected chi connectivity index (χ0v) is 15.5. The zero-order valence-electron chi connectivity index (χ0n) is 15.5. The van der Waals surface area contributed by atoms with Gasteiger partial charge in [-0.15, -0.1) is 0 Å². The molecule has 0 aliphatic rings. The molecule has 0 saturated heterocycles. The number of anilines is 1. The Morgan fingerprint density at radius 3 is 2.74 bits per heavy atom. The number of benzene rings is 2. The van der Waals surface area contributed by atoms with E-state index in [4.69, 9.17) is 9.26 Å². The van der Waals surface area contributed by atoms with Crippen LogP contribution in [0.5, 0.6) is 5.75 Å². The lowest BCUT2D eigenvalue weighted by Gasteiger charge is -2.12. The van der Waals surface area contributed by atoms with E-state index in [0.29, 0.717) is 23.2 Å². The van der Waals surface area contributed by atoms with Crippen LogP contribution in [0.4, 0.5) is 10.5 Å². The van der Waals surface area contributed by atoms with Crippen LogP contribution in [0, 0.1) is 0 Å². The number of hydrogen-bond donors (Lipinski definition) is 2. The van der Waals surface area contributed by atoms with E-state index in [9.17, 15) is 4.79 Å².